The van der Waals surface area contributed by atoms with Crippen molar-refractivity contribution in [2.75, 3.05) is 0 Å². The topological polar surface area (TPSA) is 97.1 Å². The van der Waals surface area contributed by atoms with Gasteiger partial charge in [0.15, 0.2) is 0 Å². The third kappa shape index (κ3) is 5.06. The van der Waals surface area contributed by atoms with E-state index in [0.717, 1.165) is 5.56 Å². The zero-order valence-corrected chi connectivity index (χ0v) is 15.4. The smallest absolute Gasteiger partial charge is 0.271 e. The summed E-state index contributed by atoms with van der Waals surface area (Å²) in [5, 5.41) is 4.47. The third-order valence-corrected chi connectivity index (χ3v) is 4.12. The second-order valence-corrected chi connectivity index (χ2v) is 6.35. The van der Waals surface area contributed by atoms with Crippen LogP contribution >= 0.6 is 23.2 Å². The van der Waals surface area contributed by atoms with E-state index in [9.17, 15) is 9.59 Å². The molecule has 0 aliphatic rings. The molecule has 7 nitrogen and oxygen atoms in total. The lowest BCUT2D eigenvalue weighted by Crippen LogP contribution is -2.41. The van der Waals surface area contributed by atoms with Gasteiger partial charge in [-0.3, -0.25) is 20.4 Å². The van der Waals surface area contributed by atoms with Crippen LogP contribution in [0.15, 0.2) is 53.1 Å². The van der Waals surface area contributed by atoms with Gasteiger partial charge in [-0.1, -0.05) is 58.7 Å². The molecule has 0 saturated heterocycles. The van der Waals surface area contributed by atoms with Gasteiger partial charge in [0.05, 0.1) is 10.6 Å². The fraction of sp³-hybridized carbons (Fsp3) is 0.111. The average molecular weight is 405 g/mol. The SMILES string of the molecule is O=C(CCc1nc(-c2ccccc2)no1)NNC(=O)c1cc(Cl)ccc1Cl. The van der Waals surface area contributed by atoms with E-state index < -0.39 is 11.8 Å². The van der Waals surface area contributed by atoms with Crippen molar-refractivity contribution in [3.8, 4) is 11.4 Å². The number of hydrazine groups is 1. The number of amides is 2. The third-order valence-electron chi connectivity index (χ3n) is 3.55. The van der Waals surface area contributed by atoms with Crippen molar-refractivity contribution in [2.45, 2.75) is 12.8 Å². The van der Waals surface area contributed by atoms with Gasteiger partial charge in [-0.2, -0.15) is 4.98 Å². The maximum absolute atomic E-state index is 12.0. The summed E-state index contributed by atoms with van der Waals surface area (Å²) in [5.41, 5.74) is 5.58. The molecule has 2 aromatic carbocycles. The maximum atomic E-state index is 12.0. The Morgan fingerprint density at radius 3 is 2.59 bits per heavy atom. The van der Waals surface area contributed by atoms with Crippen molar-refractivity contribution in [2.24, 2.45) is 0 Å². The van der Waals surface area contributed by atoms with Crippen molar-refractivity contribution in [1.82, 2.24) is 21.0 Å². The number of hydrogen-bond donors (Lipinski definition) is 2. The van der Waals surface area contributed by atoms with Gasteiger partial charge in [-0.05, 0) is 18.2 Å². The number of hydrogen-bond acceptors (Lipinski definition) is 5. The van der Waals surface area contributed by atoms with Crippen LogP contribution < -0.4 is 10.9 Å². The molecule has 0 radical (unpaired) electrons. The molecule has 0 atom stereocenters. The molecular formula is C18H14Cl2N4O3. The fourth-order valence-corrected chi connectivity index (χ4v) is 2.58. The van der Waals surface area contributed by atoms with Crippen molar-refractivity contribution in [3.63, 3.8) is 0 Å². The Morgan fingerprint density at radius 2 is 1.81 bits per heavy atom. The van der Waals surface area contributed by atoms with Crippen molar-refractivity contribution >= 4 is 35.0 Å². The number of carbonyl (C=O) groups excluding carboxylic acids is 2. The van der Waals surface area contributed by atoms with Gasteiger partial charge in [0.2, 0.25) is 17.6 Å². The summed E-state index contributed by atoms with van der Waals surface area (Å²) in [4.78, 5) is 28.2. The molecule has 138 valence electrons. The Kier molecular flexibility index (Phi) is 6.05. The molecule has 0 spiro atoms. The van der Waals surface area contributed by atoms with Crippen LogP contribution in [-0.2, 0) is 11.2 Å². The molecule has 27 heavy (non-hydrogen) atoms. The Bertz CT molecular complexity index is 960. The highest BCUT2D eigenvalue weighted by atomic mass is 35.5. The van der Waals surface area contributed by atoms with Crippen LogP contribution in [0.2, 0.25) is 10.0 Å². The maximum Gasteiger partial charge on any atom is 0.271 e. The normalized spacial score (nSPS) is 10.4. The lowest BCUT2D eigenvalue weighted by atomic mass is 10.2. The molecule has 0 aliphatic carbocycles. The average Bonchev–Trinajstić information content (AvgIpc) is 3.16. The van der Waals surface area contributed by atoms with Crippen molar-refractivity contribution in [1.29, 1.82) is 0 Å². The molecule has 3 aromatic rings. The summed E-state index contributed by atoms with van der Waals surface area (Å²) < 4.78 is 5.13. The van der Waals surface area contributed by atoms with E-state index in [2.05, 4.69) is 21.0 Å². The summed E-state index contributed by atoms with van der Waals surface area (Å²) in [6.45, 7) is 0. The number of nitrogens with one attached hydrogen (secondary N) is 2. The van der Waals surface area contributed by atoms with Gasteiger partial charge >= 0.3 is 0 Å². The molecule has 2 amide bonds. The Hall–Kier alpha value is -2.90. The molecule has 0 fully saturated rings. The van der Waals surface area contributed by atoms with E-state index in [0.29, 0.717) is 16.7 Å². The lowest BCUT2D eigenvalue weighted by Gasteiger charge is -2.08. The Morgan fingerprint density at radius 1 is 1.04 bits per heavy atom. The molecular weight excluding hydrogens is 391 g/mol. The van der Waals surface area contributed by atoms with Gasteiger partial charge in [0, 0.05) is 23.4 Å². The number of rotatable bonds is 5. The molecule has 1 aromatic heterocycles. The number of benzene rings is 2. The highest BCUT2D eigenvalue weighted by molar-refractivity contribution is 6.35. The van der Waals surface area contributed by atoms with Crippen LogP contribution in [0.25, 0.3) is 11.4 Å². The van der Waals surface area contributed by atoms with Crippen molar-refractivity contribution in [3.05, 3.63) is 70.0 Å². The number of halogens is 2. The van der Waals surface area contributed by atoms with E-state index in [1.165, 1.54) is 12.1 Å². The van der Waals surface area contributed by atoms with Gasteiger partial charge < -0.3 is 4.52 Å². The summed E-state index contributed by atoms with van der Waals surface area (Å²) in [6.07, 6.45) is 0.291. The molecule has 3 rings (SSSR count). The van der Waals surface area contributed by atoms with E-state index in [1.807, 2.05) is 30.3 Å². The minimum atomic E-state index is -0.569. The van der Waals surface area contributed by atoms with Gasteiger partial charge in [-0.15, -0.1) is 0 Å². The molecule has 0 unspecified atom stereocenters. The minimum Gasteiger partial charge on any atom is -0.339 e. The second-order valence-electron chi connectivity index (χ2n) is 5.50. The zero-order valence-electron chi connectivity index (χ0n) is 13.9. The Labute approximate surface area is 164 Å². The van der Waals surface area contributed by atoms with E-state index in [4.69, 9.17) is 27.7 Å². The largest absolute Gasteiger partial charge is 0.339 e. The number of nitrogens with zero attached hydrogens (tertiary/aromatic N) is 2. The first-order valence-electron chi connectivity index (χ1n) is 7.95. The quantitative estimate of drug-likeness (QED) is 0.634. The second kappa shape index (κ2) is 8.66. The number of aryl methyl sites for hydroxylation is 1. The Balaban J connectivity index is 1.49. The first-order valence-corrected chi connectivity index (χ1v) is 8.71. The molecule has 0 aliphatic heterocycles. The van der Waals surface area contributed by atoms with Gasteiger partial charge in [0.25, 0.3) is 5.91 Å². The molecule has 2 N–H and O–H groups in total. The monoisotopic (exact) mass is 404 g/mol. The van der Waals surface area contributed by atoms with E-state index in [1.54, 1.807) is 6.07 Å². The van der Waals surface area contributed by atoms with Crippen molar-refractivity contribution < 1.29 is 14.1 Å². The van der Waals surface area contributed by atoms with Crippen LogP contribution in [0.4, 0.5) is 0 Å². The van der Waals surface area contributed by atoms with Crippen LogP contribution in [0.1, 0.15) is 22.7 Å². The summed E-state index contributed by atoms with van der Waals surface area (Å²) >= 11 is 11.8. The zero-order chi connectivity index (χ0) is 19.2. The highest BCUT2D eigenvalue weighted by Gasteiger charge is 2.13. The van der Waals surface area contributed by atoms with Crippen LogP contribution in [0.5, 0.6) is 0 Å². The highest BCUT2D eigenvalue weighted by Crippen LogP contribution is 2.20. The van der Waals surface area contributed by atoms with Crippen LogP contribution in [0, 0.1) is 0 Å². The molecule has 1 heterocycles. The first-order chi connectivity index (χ1) is 13.0. The summed E-state index contributed by atoms with van der Waals surface area (Å²) in [5.74, 6) is -0.205. The van der Waals surface area contributed by atoms with E-state index in [-0.39, 0.29) is 23.4 Å². The molecule has 9 heteroatoms. The predicted molar refractivity (Wildman–Crippen MR) is 100 cm³/mol. The minimum absolute atomic E-state index is 0.0555. The molecule has 0 saturated carbocycles. The predicted octanol–water partition coefficient (Wildman–Crippen LogP) is 3.44. The summed E-state index contributed by atoms with van der Waals surface area (Å²) in [6, 6.07) is 13.8. The molecule has 0 bridgehead atoms. The lowest BCUT2D eigenvalue weighted by molar-refractivity contribution is -0.121. The van der Waals surface area contributed by atoms with Gasteiger partial charge in [0.1, 0.15) is 0 Å². The standard InChI is InChI=1S/C18H14Cl2N4O3/c19-12-6-7-14(20)13(10-12)18(26)23-22-15(25)8-9-16-21-17(24-27-16)11-4-2-1-3-5-11/h1-7,10H,8-9H2,(H,22,25)(H,23,26). The van der Waals surface area contributed by atoms with Gasteiger partial charge in [-0.25, -0.2) is 0 Å². The summed E-state index contributed by atoms with van der Waals surface area (Å²) in [7, 11) is 0. The first kappa shape index (κ1) is 18.9. The fourth-order valence-electron chi connectivity index (χ4n) is 2.21. The number of aromatic nitrogens is 2. The van der Waals surface area contributed by atoms with Crippen LogP contribution in [0.3, 0.4) is 0 Å². The van der Waals surface area contributed by atoms with Crippen LogP contribution in [-0.4, -0.2) is 22.0 Å². The van der Waals surface area contributed by atoms with E-state index >= 15 is 0 Å². The number of carbonyl (C=O) groups is 2.